The molecule has 222 valence electrons. The fourth-order valence-electron chi connectivity index (χ4n) is 4.68. The van der Waals surface area contributed by atoms with E-state index in [2.05, 4.69) is 5.73 Å². The van der Waals surface area contributed by atoms with Crippen LogP contribution in [0.25, 0.3) is 11.0 Å². The highest BCUT2D eigenvalue weighted by atomic mass is 16.7. The molecule has 1 aromatic heterocycles. The van der Waals surface area contributed by atoms with Gasteiger partial charge in [-0.1, -0.05) is 31.2 Å². The van der Waals surface area contributed by atoms with Gasteiger partial charge in [0, 0.05) is 37.1 Å². The van der Waals surface area contributed by atoms with E-state index in [0.29, 0.717) is 17.6 Å². The number of rotatable bonds is 7. The number of ether oxygens (including phenoxy) is 3. The second-order valence-electron chi connectivity index (χ2n) is 10.3. The number of hydrogen-bond acceptors (Lipinski definition) is 11. The van der Waals surface area contributed by atoms with Crippen LogP contribution in [0.2, 0.25) is 0 Å². The van der Waals surface area contributed by atoms with Gasteiger partial charge in [0.05, 0.1) is 31.5 Å². The maximum atomic E-state index is 11.5. The molecule has 2 aliphatic rings. The Bertz CT molecular complexity index is 1180. The molecule has 9 atom stereocenters. The molecule has 0 bridgehead atoms. The first-order valence-corrected chi connectivity index (χ1v) is 13.2. The second-order valence-corrected chi connectivity index (χ2v) is 10.3. The number of hydrogen-bond donors (Lipinski definition) is 6. The van der Waals surface area contributed by atoms with Crippen LogP contribution >= 0.6 is 0 Å². The highest BCUT2D eigenvalue weighted by Crippen LogP contribution is 2.29. The fraction of sp³-hybridized carbons (Fsp3) is 0.571. The predicted octanol–water partition coefficient (Wildman–Crippen LogP) is 0.297. The van der Waals surface area contributed by atoms with Crippen molar-refractivity contribution in [2.24, 2.45) is 17.6 Å². The van der Waals surface area contributed by atoms with Gasteiger partial charge >= 0.3 is 5.63 Å². The normalized spacial score (nSPS) is 31.5. The molecule has 1 aromatic carbocycles. The van der Waals surface area contributed by atoms with E-state index < -0.39 is 54.6 Å². The molecule has 2 heterocycles. The largest absolute Gasteiger partial charge is 0.423 e. The fourth-order valence-corrected chi connectivity index (χ4v) is 4.68. The lowest BCUT2D eigenvalue weighted by molar-refractivity contribution is -0.261. The second kappa shape index (κ2) is 14.8. The number of amides is 1. The Morgan fingerprint density at radius 2 is 1.82 bits per heavy atom. The molecule has 1 aliphatic heterocycles. The highest BCUT2D eigenvalue weighted by Gasteiger charge is 2.38. The van der Waals surface area contributed by atoms with E-state index >= 15 is 0 Å². The van der Waals surface area contributed by atoms with E-state index in [1.807, 2.05) is 6.92 Å². The number of fused-ring (bicyclic) bond motifs is 1. The average molecular weight is 566 g/mol. The summed E-state index contributed by atoms with van der Waals surface area (Å²) in [6.07, 6.45) is -2.53. The third-order valence-electron chi connectivity index (χ3n) is 6.80. The third-order valence-corrected chi connectivity index (χ3v) is 6.80. The number of primary amides is 1. The van der Waals surface area contributed by atoms with Gasteiger partial charge in [-0.15, -0.1) is 0 Å². The van der Waals surface area contributed by atoms with Gasteiger partial charge in [0.15, 0.2) is 12.6 Å². The number of benzene rings is 1. The lowest BCUT2D eigenvalue weighted by Gasteiger charge is -2.39. The summed E-state index contributed by atoms with van der Waals surface area (Å²) in [5, 5.41) is 52.1. The van der Waals surface area contributed by atoms with Crippen LogP contribution in [0.5, 0.6) is 0 Å². The van der Waals surface area contributed by atoms with Crippen LogP contribution < -0.4 is 11.4 Å². The number of nitrogens with two attached hydrogens (primary N) is 1. The van der Waals surface area contributed by atoms with E-state index in [4.69, 9.17) is 18.6 Å². The van der Waals surface area contributed by atoms with Gasteiger partial charge in [-0.3, -0.25) is 4.79 Å². The highest BCUT2D eigenvalue weighted by molar-refractivity contribution is 5.76. The Morgan fingerprint density at radius 3 is 2.52 bits per heavy atom. The molecule has 12 nitrogen and oxygen atoms in total. The minimum Gasteiger partial charge on any atom is -0.423 e. The third kappa shape index (κ3) is 9.18. The molecular weight excluding hydrogens is 526 g/mol. The first-order chi connectivity index (χ1) is 19.0. The van der Waals surface area contributed by atoms with E-state index in [9.17, 15) is 35.1 Å². The lowest BCUT2D eigenvalue weighted by atomic mass is 9.91. The zero-order valence-corrected chi connectivity index (χ0v) is 22.5. The van der Waals surface area contributed by atoms with Crippen molar-refractivity contribution in [3.8, 4) is 0 Å². The Kier molecular flexibility index (Phi) is 11.8. The molecule has 4 rings (SSSR count). The monoisotopic (exact) mass is 565 g/mol. The quantitative estimate of drug-likeness (QED) is 0.153. The molecular formula is C28H39NO11. The number of carbonyl (C=O) groups excluding carboxylic acids is 1. The number of carbonyl (C=O) groups is 1. The van der Waals surface area contributed by atoms with Crippen LogP contribution in [0.1, 0.15) is 38.7 Å². The Balaban J connectivity index is 0.00000103. The minimum absolute atomic E-state index is 0.0241. The standard InChI is InChI=1S/C26H34O10.C2H5NO/c1-14-8-24(36-22(12-27)25(14)31)35-20-6-4-17(10-18(28)11-19(20)29)26(32)33-13-15-2-3-16-5-7-23(30)34-21(16)9-15;1-2(3)4/h2-7,9,14,17-20,22,24-29,31-32H,8,10-13H2,1H3;1H3,(H2,3,4)/t14?,17-,18?,19?,20+,22?,24+,25?,26?;/m0./s1. The summed E-state index contributed by atoms with van der Waals surface area (Å²) in [4.78, 5) is 20.7. The lowest BCUT2D eigenvalue weighted by Crippen LogP contribution is -2.48. The van der Waals surface area contributed by atoms with Gasteiger partial charge < -0.3 is 49.9 Å². The van der Waals surface area contributed by atoms with Crippen molar-refractivity contribution < 1.29 is 49.0 Å². The van der Waals surface area contributed by atoms with Crippen molar-refractivity contribution in [1.82, 2.24) is 0 Å². The molecule has 1 saturated heterocycles. The van der Waals surface area contributed by atoms with Crippen molar-refractivity contribution in [3.63, 3.8) is 0 Å². The van der Waals surface area contributed by atoms with Crippen molar-refractivity contribution in [2.75, 3.05) is 6.61 Å². The topological polar surface area (TPSA) is 202 Å². The summed E-state index contributed by atoms with van der Waals surface area (Å²) >= 11 is 0. The molecule has 7 N–H and O–H groups in total. The van der Waals surface area contributed by atoms with Gasteiger partial charge in [0.2, 0.25) is 5.91 Å². The van der Waals surface area contributed by atoms with Crippen molar-refractivity contribution in [3.05, 3.63) is 58.5 Å². The Labute approximate surface area is 231 Å². The Morgan fingerprint density at radius 1 is 1.12 bits per heavy atom. The van der Waals surface area contributed by atoms with Crippen LogP contribution in [0.4, 0.5) is 0 Å². The zero-order valence-electron chi connectivity index (χ0n) is 22.5. The molecule has 0 spiro atoms. The summed E-state index contributed by atoms with van der Waals surface area (Å²) in [7, 11) is 0. The molecule has 1 aliphatic carbocycles. The molecule has 6 unspecified atom stereocenters. The summed E-state index contributed by atoms with van der Waals surface area (Å²) in [5.74, 6) is -1.08. The predicted molar refractivity (Wildman–Crippen MR) is 142 cm³/mol. The van der Waals surface area contributed by atoms with Crippen LogP contribution in [-0.2, 0) is 25.6 Å². The van der Waals surface area contributed by atoms with Crippen LogP contribution in [0.3, 0.4) is 0 Å². The summed E-state index contributed by atoms with van der Waals surface area (Å²) in [6, 6.07) is 8.28. The van der Waals surface area contributed by atoms with Crippen LogP contribution in [0.15, 0.2) is 51.7 Å². The molecule has 1 amide bonds. The summed E-state index contributed by atoms with van der Waals surface area (Å²) < 4.78 is 22.4. The van der Waals surface area contributed by atoms with Gasteiger partial charge in [0.25, 0.3) is 0 Å². The molecule has 40 heavy (non-hydrogen) atoms. The summed E-state index contributed by atoms with van der Waals surface area (Å²) in [5.41, 5.74) is 5.14. The average Bonchev–Trinajstić information content (AvgIpc) is 2.89. The Hall–Kier alpha value is -2.68. The number of aliphatic hydroxyl groups excluding tert-OH is 5. The zero-order chi connectivity index (χ0) is 29.4. The van der Waals surface area contributed by atoms with Crippen LogP contribution in [0, 0.1) is 11.8 Å². The first-order valence-electron chi connectivity index (χ1n) is 13.2. The van der Waals surface area contributed by atoms with E-state index in [-0.39, 0.29) is 37.9 Å². The van der Waals surface area contributed by atoms with Gasteiger partial charge in [0.1, 0.15) is 17.8 Å². The van der Waals surface area contributed by atoms with Gasteiger partial charge in [-0.25, -0.2) is 4.79 Å². The van der Waals surface area contributed by atoms with Crippen LogP contribution in [-0.4, -0.2) is 81.1 Å². The smallest absolute Gasteiger partial charge is 0.336 e. The van der Waals surface area contributed by atoms with Gasteiger partial charge in [-0.05, 0) is 30.0 Å². The SMILES string of the molecule is CC(N)=O.CC1C[C@H](O[C@@H]2C=C[C@H](C(O)OCc3ccc4ccc(=O)oc4c3)CC(O)CC2O)OC(CO)C1O. The van der Waals surface area contributed by atoms with Crippen molar-refractivity contribution >= 4 is 16.9 Å². The van der Waals surface area contributed by atoms with Crippen molar-refractivity contribution in [1.29, 1.82) is 0 Å². The summed E-state index contributed by atoms with van der Waals surface area (Å²) in [6.45, 7) is 2.83. The molecule has 0 saturated carbocycles. The molecule has 2 aromatic rings. The maximum Gasteiger partial charge on any atom is 0.336 e. The maximum absolute atomic E-state index is 11.5. The minimum atomic E-state index is -1.25. The van der Waals surface area contributed by atoms with Gasteiger partial charge in [-0.2, -0.15) is 0 Å². The van der Waals surface area contributed by atoms with E-state index in [0.717, 1.165) is 5.39 Å². The molecule has 12 heteroatoms. The van der Waals surface area contributed by atoms with E-state index in [1.165, 1.54) is 13.0 Å². The molecule has 0 radical (unpaired) electrons. The van der Waals surface area contributed by atoms with E-state index in [1.54, 1.807) is 36.4 Å². The first kappa shape index (κ1) is 31.8. The molecule has 1 fully saturated rings. The number of aliphatic hydroxyl groups is 5. The van der Waals surface area contributed by atoms with Crippen molar-refractivity contribution in [2.45, 2.75) is 82.8 Å².